The molecule has 1 atom stereocenters. The topological polar surface area (TPSA) is 83.5 Å². The first-order valence-corrected chi connectivity index (χ1v) is 11.5. The average molecular weight is 392 g/mol. The van der Waals surface area contributed by atoms with Crippen molar-refractivity contribution in [2.24, 2.45) is 23.2 Å². The second-order valence-electron chi connectivity index (χ2n) is 9.40. The van der Waals surface area contributed by atoms with Gasteiger partial charge < -0.3 is 5.11 Å². The fourth-order valence-corrected chi connectivity index (χ4v) is 7.52. The molecular formula is C21H29NO4S. The highest BCUT2D eigenvalue weighted by Crippen LogP contribution is 2.61. The second-order valence-corrected chi connectivity index (χ2v) is 11.1. The van der Waals surface area contributed by atoms with Gasteiger partial charge in [-0.1, -0.05) is 26.0 Å². The van der Waals surface area contributed by atoms with Gasteiger partial charge in [-0.15, -0.1) is 0 Å². The van der Waals surface area contributed by atoms with Gasteiger partial charge in [0.15, 0.2) is 0 Å². The van der Waals surface area contributed by atoms with Crippen molar-refractivity contribution in [3.8, 4) is 0 Å². The van der Waals surface area contributed by atoms with Gasteiger partial charge in [-0.3, -0.25) is 4.79 Å². The Labute approximate surface area is 161 Å². The van der Waals surface area contributed by atoms with Gasteiger partial charge in [-0.25, -0.2) is 8.42 Å². The summed E-state index contributed by atoms with van der Waals surface area (Å²) in [6, 6.07) is 5.73. The van der Waals surface area contributed by atoms with Crippen molar-refractivity contribution in [2.75, 3.05) is 0 Å². The van der Waals surface area contributed by atoms with Gasteiger partial charge in [0.05, 0.1) is 4.90 Å². The van der Waals surface area contributed by atoms with Crippen LogP contribution in [0.1, 0.15) is 63.9 Å². The fourth-order valence-electron chi connectivity index (χ4n) is 6.22. The molecule has 27 heavy (non-hydrogen) atoms. The molecule has 4 aliphatic carbocycles. The van der Waals surface area contributed by atoms with Crippen molar-refractivity contribution in [3.05, 3.63) is 29.8 Å². The molecule has 2 N–H and O–H groups in total. The molecule has 1 aromatic carbocycles. The Kier molecular flexibility index (Phi) is 4.62. The Morgan fingerprint density at radius 1 is 1.04 bits per heavy atom. The van der Waals surface area contributed by atoms with Crippen LogP contribution in [0.5, 0.6) is 0 Å². The summed E-state index contributed by atoms with van der Waals surface area (Å²) in [5.41, 5.74) is 0.635. The molecule has 0 unspecified atom stereocenters. The standard InChI is InChI=1S/C21H29NO4S/c1-13(2)17-3-5-18(6-4-17)27(25,26)22-19(20(23)24)21-10-14-7-15(11-21)9-16(8-14)12-21/h3-6,13-16,19,22H,7-12H2,1-2H3,(H,23,24)/t14?,15?,16?,19-,21?/m1/s1. The molecule has 0 radical (unpaired) electrons. The van der Waals surface area contributed by atoms with E-state index < -0.39 is 27.4 Å². The molecule has 148 valence electrons. The minimum absolute atomic E-state index is 0.142. The van der Waals surface area contributed by atoms with Crippen molar-refractivity contribution in [2.45, 2.75) is 69.2 Å². The van der Waals surface area contributed by atoms with Gasteiger partial charge in [-0.05, 0) is 85.3 Å². The number of nitrogens with one attached hydrogen (secondary N) is 1. The maximum Gasteiger partial charge on any atom is 0.322 e. The molecule has 6 heteroatoms. The Morgan fingerprint density at radius 3 is 1.93 bits per heavy atom. The number of aliphatic carboxylic acids is 1. The Hall–Kier alpha value is -1.40. The van der Waals surface area contributed by atoms with E-state index in [4.69, 9.17) is 0 Å². The number of benzene rings is 1. The number of carbonyl (C=O) groups is 1. The summed E-state index contributed by atoms with van der Waals surface area (Å²) in [5.74, 6) is 0.960. The predicted molar refractivity (Wildman–Crippen MR) is 103 cm³/mol. The molecule has 0 saturated heterocycles. The van der Waals surface area contributed by atoms with Crippen molar-refractivity contribution in [1.29, 1.82) is 0 Å². The maximum atomic E-state index is 12.9. The van der Waals surface area contributed by atoms with Gasteiger partial charge in [-0.2, -0.15) is 4.72 Å². The Balaban J connectivity index is 1.61. The van der Waals surface area contributed by atoms with Crippen LogP contribution in [0.4, 0.5) is 0 Å². The highest BCUT2D eigenvalue weighted by atomic mass is 32.2. The van der Waals surface area contributed by atoms with Crippen molar-refractivity contribution >= 4 is 16.0 Å². The average Bonchev–Trinajstić information content (AvgIpc) is 2.58. The molecule has 4 aliphatic rings. The lowest BCUT2D eigenvalue weighted by molar-refractivity contribution is -0.150. The van der Waals surface area contributed by atoms with Gasteiger partial charge >= 0.3 is 5.97 Å². The second kappa shape index (κ2) is 6.59. The van der Waals surface area contributed by atoms with E-state index in [1.54, 1.807) is 24.3 Å². The largest absolute Gasteiger partial charge is 0.480 e. The van der Waals surface area contributed by atoms with Crippen LogP contribution in [-0.2, 0) is 14.8 Å². The highest BCUT2D eigenvalue weighted by Gasteiger charge is 2.56. The molecule has 0 amide bonds. The van der Waals surface area contributed by atoms with E-state index in [0.29, 0.717) is 23.7 Å². The monoisotopic (exact) mass is 391 g/mol. The highest BCUT2D eigenvalue weighted by molar-refractivity contribution is 7.89. The maximum absolute atomic E-state index is 12.9. The lowest BCUT2D eigenvalue weighted by Gasteiger charge is -2.58. The zero-order chi connectivity index (χ0) is 19.4. The van der Waals surface area contributed by atoms with Gasteiger partial charge in [0.25, 0.3) is 0 Å². The third kappa shape index (κ3) is 3.42. The third-order valence-electron chi connectivity index (χ3n) is 7.07. The third-order valence-corrected chi connectivity index (χ3v) is 8.51. The van der Waals surface area contributed by atoms with E-state index in [9.17, 15) is 18.3 Å². The number of rotatable bonds is 6. The molecule has 5 nitrogen and oxygen atoms in total. The van der Waals surface area contributed by atoms with Crippen LogP contribution in [0.15, 0.2) is 29.2 Å². The quantitative estimate of drug-likeness (QED) is 0.773. The summed E-state index contributed by atoms with van der Waals surface area (Å²) in [6.45, 7) is 4.10. The summed E-state index contributed by atoms with van der Waals surface area (Å²) in [7, 11) is -3.87. The van der Waals surface area contributed by atoms with Crippen LogP contribution in [0, 0.1) is 23.2 Å². The lowest BCUT2D eigenvalue weighted by Crippen LogP contribution is -2.59. The SMILES string of the molecule is CC(C)c1ccc(S(=O)(=O)N[C@H](C(=O)O)C23CC4CC(CC(C4)C2)C3)cc1. The van der Waals surface area contributed by atoms with E-state index >= 15 is 0 Å². The lowest BCUT2D eigenvalue weighted by atomic mass is 9.48. The van der Waals surface area contributed by atoms with E-state index in [1.165, 1.54) is 19.3 Å². The molecule has 4 fully saturated rings. The predicted octanol–water partition coefficient (Wildman–Crippen LogP) is 3.76. The minimum atomic E-state index is -3.87. The zero-order valence-corrected chi connectivity index (χ0v) is 16.8. The number of hydrogen-bond acceptors (Lipinski definition) is 3. The molecule has 4 bridgehead atoms. The smallest absolute Gasteiger partial charge is 0.322 e. The Morgan fingerprint density at radius 2 is 1.52 bits per heavy atom. The minimum Gasteiger partial charge on any atom is -0.480 e. The summed E-state index contributed by atoms with van der Waals surface area (Å²) in [6.07, 6.45) is 6.08. The van der Waals surface area contributed by atoms with Gasteiger partial charge in [0.2, 0.25) is 10.0 Å². The van der Waals surface area contributed by atoms with Crippen LogP contribution in [0.3, 0.4) is 0 Å². The van der Waals surface area contributed by atoms with Gasteiger partial charge in [0.1, 0.15) is 6.04 Å². The first-order valence-electron chi connectivity index (χ1n) is 10.0. The molecule has 0 aliphatic heterocycles. The first kappa shape index (κ1) is 18.9. The molecule has 4 saturated carbocycles. The number of carboxylic acids is 1. The van der Waals surface area contributed by atoms with E-state index in [-0.39, 0.29) is 4.90 Å². The van der Waals surface area contributed by atoms with E-state index in [1.807, 2.05) is 0 Å². The van der Waals surface area contributed by atoms with Crippen molar-refractivity contribution < 1.29 is 18.3 Å². The van der Waals surface area contributed by atoms with Crippen LogP contribution in [-0.4, -0.2) is 25.5 Å². The summed E-state index contributed by atoms with van der Waals surface area (Å²) < 4.78 is 28.5. The fraction of sp³-hybridized carbons (Fsp3) is 0.667. The first-order chi connectivity index (χ1) is 12.7. The van der Waals surface area contributed by atoms with Crippen LogP contribution >= 0.6 is 0 Å². The number of sulfonamides is 1. The van der Waals surface area contributed by atoms with Crippen molar-refractivity contribution in [3.63, 3.8) is 0 Å². The zero-order valence-electron chi connectivity index (χ0n) is 16.0. The molecule has 1 aromatic rings. The molecule has 0 aromatic heterocycles. The summed E-state index contributed by atoms with van der Waals surface area (Å²) >= 11 is 0. The summed E-state index contributed by atoms with van der Waals surface area (Å²) in [4.78, 5) is 12.3. The van der Waals surface area contributed by atoms with Crippen LogP contribution in [0.2, 0.25) is 0 Å². The normalized spacial score (nSPS) is 33.4. The summed E-state index contributed by atoms with van der Waals surface area (Å²) in [5, 5.41) is 9.93. The number of hydrogen-bond donors (Lipinski definition) is 2. The van der Waals surface area contributed by atoms with E-state index in [0.717, 1.165) is 24.8 Å². The number of carboxylic acid groups (broad SMARTS) is 1. The van der Waals surface area contributed by atoms with Gasteiger partial charge in [0, 0.05) is 0 Å². The van der Waals surface area contributed by atoms with E-state index in [2.05, 4.69) is 18.6 Å². The molecule has 0 heterocycles. The Bertz CT molecular complexity index is 793. The van der Waals surface area contributed by atoms with Crippen molar-refractivity contribution in [1.82, 2.24) is 4.72 Å². The molecule has 0 spiro atoms. The van der Waals surface area contributed by atoms with Crippen LogP contribution in [0.25, 0.3) is 0 Å². The molecule has 5 rings (SSSR count). The molecular weight excluding hydrogens is 362 g/mol. The van der Waals surface area contributed by atoms with Crippen LogP contribution < -0.4 is 4.72 Å².